The predicted octanol–water partition coefficient (Wildman–Crippen LogP) is 2.74. The number of benzene rings is 1. The average molecular weight is 359 g/mol. The Morgan fingerprint density at radius 1 is 1.08 bits per heavy atom. The first-order chi connectivity index (χ1) is 11.6. The van der Waals surface area contributed by atoms with Gasteiger partial charge in [0, 0.05) is 10.9 Å². The van der Waals surface area contributed by atoms with Gasteiger partial charge in [-0.15, -0.1) is 21.5 Å². The minimum absolute atomic E-state index is 0.107. The molecule has 2 aromatic heterocycles. The van der Waals surface area contributed by atoms with Gasteiger partial charge in [0.05, 0.1) is 12.1 Å². The molecule has 0 atom stereocenters. The molecule has 0 saturated carbocycles. The molecule has 2 N–H and O–H groups in total. The molecule has 3 aromatic rings. The van der Waals surface area contributed by atoms with E-state index in [4.69, 9.17) is 0 Å². The Balaban J connectivity index is 1.57. The summed E-state index contributed by atoms with van der Waals surface area (Å²) < 4.78 is 0. The number of carbonyl (C=O) groups excluding carboxylic acids is 2. The van der Waals surface area contributed by atoms with Gasteiger partial charge in [-0.3, -0.25) is 14.9 Å². The first-order valence-corrected chi connectivity index (χ1v) is 8.70. The van der Waals surface area contributed by atoms with E-state index in [1.54, 1.807) is 29.6 Å². The van der Waals surface area contributed by atoms with Crippen LogP contribution in [0, 0.1) is 6.92 Å². The molecule has 24 heavy (non-hydrogen) atoms. The highest BCUT2D eigenvalue weighted by Gasteiger charge is 2.12. The molecule has 3 rings (SSSR count). The van der Waals surface area contributed by atoms with E-state index in [1.165, 1.54) is 22.7 Å². The Bertz CT molecular complexity index is 860. The third-order valence-electron chi connectivity index (χ3n) is 2.92. The lowest BCUT2D eigenvalue weighted by atomic mass is 10.2. The highest BCUT2D eigenvalue weighted by atomic mass is 32.1. The molecular weight excluding hydrogens is 346 g/mol. The van der Waals surface area contributed by atoms with Gasteiger partial charge < -0.3 is 5.32 Å². The summed E-state index contributed by atoms with van der Waals surface area (Å²) in [6.45, 7) is 1.81. The van der Waals surface area contributed by atoms with Crippen molar-refractivity contribution in [2.24, 2.45) is 0 Å². The number of hydrogen-bond acceptors (Lipinski definition) is 7. The zero-order chi connectivity index (χ0) is 16.9. The van der Waals surface area contributed by atoms with E-state index in [9.17, 15) is 9.59 Å². The number of carbonyl (C=O) groups is 2. The number of hydrogen-bond donors (Lipinski definition) is 2. The van der Waals surface area contributed by atoms with Crippen LogP contribution in [0.5, 0.6) is 0 Å². The minimum atomic E-state index is -0.231. The summed E-state index contributed by atoms with van der Waals surface area (Å²) in [5.74, 6) is -0.456. The highest BCUT2D eigenvalue weighted by Crippen LogP contribution is 2.18. The second-order valence-electron chi connectivity index (χ2n) is 4.82. The standard InChI is InChI=1S/C15H13N5O2S2/c1-9-19-20-15(24-9)17-12(21)7-11-8-23-14(16-11)18-13(22)10-5-3-2-4-6-10/h2-6,8H,7H2,1H3,(H,16,18,22)(H,17,20,21). The molecule has 122 valence electrons. The molecule has 2 heterocycles. The first kappa shape index (κ1) is 16.2. The molecular formula is C15H13N5O2S2. The van der Waals surface area contributed by atoms with Gasteiger partial charge in [-0.25, -0.2) is 4.98 Å². The van der Waals surface area contributed by atoms with Gasteiger partial charge >= 0.3 is 0 Å². The van der Waals surface area contributed by atoms with E-state index in [-0.39, 0.29) is 18.2 Å². The van der Waals surface area contributed by atoms with Crippen LogP contribution in [0.3, 0.4) is 0 Å². The van der Waals surface area contributed by atoms with Crippen molar-refractivity contribution in [1.82, 2.24) is 15.2 Å². The van der Waals surface area contributed by atoms with Crippen LogP contribution in [0.2, 0.25) is 0 Å². The summed E-state index contributed by atoms with van der Waals surface area (Å²) in [7, 11) is 0. The van der Waals surface area contributed by atoms with Crippen LogP contribution in [0.25, 0.3) is 0 Å². The number of anilines is 2. The molecule has 0 radical (unpaired) electrons. The van der Waals surface area contributed by atoms with Crippen molar-refractivity contribution in [2.75, 3.05) is 10.6 Å². The van der Waals surface area contributed by atoms with Crippen molar-refractivity contribution in [3.05, 3.63) is 52.0 Å². The number of amides is 2. The molecule has 7 nitrogen and oxygen atoms in total. The highest BCUT2D eigenvalue weighted by molar-refractivity contribution is 7.15. The average Bonchev–Trinajstić information content (AvgIpc) is 3.17. The van der Waals surface area contributed by atoms with Gasteiger partial charge in [-0.1, -0.05) is 29.5 Å². The normalized spacial score (nSPS) is 10.4. The van der Waals surface area contributed by atoms with Crippen LogP contribution in [-0.4, -0.2) is 27.0 Å². The lowest BCUT2D eigenvalue weighted by molar-refractivity contribution is -0.115. The van der Waals surface area contributed by atoms with Crippen LogP contribution in [0.15, 0.2) is 35.7 Å². The minimum Gasteiger partial charge on any atom is -0.300 e. The largest absolute Gasteiger partial charge is 0.300 e. The van der Waals surface area contributed by atoms with Crippen molar-refractivity contribution in [3.8, 4) is 0 Å². The third kappa shape index (κ3) is 4.21. The number of aryl methyl sites for hydroxylation is 1. The van der Waals surface area contributed by atoms with Gasteiger partial charge in [0.15, 0.2) is 5.13 Å². The van der Waals surface area contributed by atoms with Crippen molar-refractivity contribution in [2.45, 2.75) is 13.3 Å². The molecule has 1 aromatic carbocycles. The second-order valence-corrected chi connectivity index (χ2v) is 6.86. The fourth-order valence-electron chi connectivity index (χ4n) is 1.88. The molecule has 0 aliphatic carbocycles. The van der Waals surface area contributed by atoms with Crippen molar-refractivity contribution < 1.29 is 9.59 Å². The maximum atomic E-state index is 12.1. The summed E-state index contributed by atoms with van der Waals surface area (Å²) in [5, 5.41) is 16.5. The monoisotopic (exact) mass is 359 g/mol. The van der Waals surface area contributed by atoms with Crippen LogP contribution in [0.1, 0.15) is 21.1 Å². The van der Waals surface area contributed by atoms with Crippen molar-refractivity contribution >= 4 is 44.8 Å². The Morgan fingerprint density at radius 3 is 2.58 bits per heavy atom. The first-order valence-electron chi connectivity index (χ1n) is 7.01. The predicted molar refractivity (Wildman–Crippen MR) is 93.5 cm³/mol. The van der Waals surface area contributed by atoms with Gasteiger partial charge in [0.1, 0.15) is 5.01 Å². The van der Waals surface area contributed by atoms with E-state index < -0.39 is 0 Å². The Kier molecular flexibility index (Phi) is 4.92. The maximum Gasteiger partial charge on any atom is 0.257 e. The zero-order valence-corrected chi connectivity index (χ0v) is 14.3. The Morgan fingerprint density at radius 2 is 1.88 bits per heavy atom. The third-order valence-corrected chi connectivity index (χ3v) is 4.48. The summed E-state index contributed by atoms with van der Waals surface area (Å²) in [6.07, 6.45) is 0.107. The van der Waals surface area contributed by atoms with Crippen molar-refractivity contribution in [1.29, 1.82) is 0 Å². The fraction of sp³-hybridized carbons (Fsp3) is 0.133. The number of thiazole rings is 1. The second kappa shape index (κ2) is 7.28. The smallest absolute Gasteiger partial charge is 0.257 e. The topological polar surface area (TPSA) is 96.9 Å². The lowest BCUT2D eigenvalue weighted by Gasteiger charge is -2.01. The number of aromatic nitrogens is 3. The van der Waals surface area contributed by atoms with E-state index in [0.717, 1.165) is 5.01 Å². The molecule has 0 fully saturated rings. The Hall–Kier alpha value is -2.65. The molecule has 2 amide bonds. The summed E-state index contributed by atoms with van der Waals surface area (Å²) in [4.78, 5) is 28.3. The molecule has 0 spiro atoms. The molecule has 0 aliphatic heterocycles. The Labute approximate surface area is 145 Å². The van der Waals surface area contributed by atoms with E-state index >= 15 is 0 Å². The fourth-order valence-corrected chi connectivity index (χ4v) is 3.19. The van der Waals surface area contributed by atoms with Crippen LogP contribution in [-0.2, 0) is 11.2 Å². The molecule has 0 aliphatic rings. The van der Waals surface area contributed by atoms with Gasteiger partial charge in [-0.2, -0.15) is 0 Å². The van der Waals surface area contributed by atoms with Crippen LogP contribution >= 0.6 is 22.7 Å². The molecule has 0 bridgehead atoms. The SMILES string of the molecule is Cc1nnc(NC(=O)Cc2csc(NC(=O)c3ccccc3)n2)s1. The summed E-state index contributed by atoms with van der Waals surface area (Å²) in [6, 6.07) is 8.88. The van der Waals surface area contributed by atoms with Crippen LogP contribution in [0.4, 0.5) is 10.3 Å². The molecule has 9 heteroatoms. The molecule has 0 saturated heterocycles. The van der Waals surface area contributed by atoms with Gasteiger partial charge in [0.2, 0.25) is 11.0 Å². The quantitative estimate of drug-likeness (QED) is 0.730. The van der Waals surface area contributed by atoms with E-state index in [0.29, 0.717) is 21.5 Å². The van der Waals surface area contributed by atoms with Crippen LogP contribution < -0.4 is 10.6 Å². The van der Waals surface area contributed by atoms with Crippen molar-refractivity contribution in [3.63, 3.8) is 0 Å². The van der Waals surface area contributed by atoms with E-state index in [2.05, 4.69) is 25.8 Å². The maximum absolute atomic E-state index is 12.1. The zero-order valence-electron chi connectivity index (χ0n) is 12.6. The number of nitrogens with zero attached hydrogens (tertiary/aromatic N) is 3. The van der Waals surface area contributed by atoms with Gasteiger partial charge in [0.25, 0.3) is 5.91 Å². The molecule has 0 unspecified atom stereocenters. The number of rotatable bonds is 5. The lowest BCUT2D eigenvalue weighted by Crippen LogP contribution is -2.15. The number of nitrogens with one attached hydrogen (secondary N) is 2. The van der Waals surface area contributed by atoms with E-state index in [1.807, 2.05) is 13.0 Å². The summed E-state index contributed by atoms with van der Waals surface area (Å²) in [5.41, 5.74) is 1.14. The summed E-state index contributed by atoms with van der Waals surface area (Å²) >= 11 is 2.59. The van der Waals surface area contributed by atoms with Gasteiger partial charge in [-0.05, 0) is 19.1 Å².